The monoisotopic (exact) mass is 257 g/mol. The van der Waals surface area contributed by atoms with Crippen LogP contribution in [0.15, 0.2) is 12.2 Å². The summed E-state index contributed by atoms with van der Waals surface area (Å²) >= 11 is 0. The van der Waals surface area contributed by atoms with Gasteiger partial charge in [0, 0.05) is 25.0 Å². The van der Waals surface area contributed by atoms with Crippen LogP contribution in [0.3, 0.4) is 0 Å². The molecule has 0 saturated heterocycles. The first kappa shape index (κ1) is 16.6. The number of nitrogens with zero attached hydrogens (tertiary/aromatic N) is 1. The second-order valence-electron chi connectivity index (χ2n) is 5.27. The molecule has 104 valence electrons. The van der Waals surface area contributed by atoms with Gasteiger partial charge in [0.15, 0.2) is 0 Å². The first-order chi connectivity index (χ1) is 8.24. The van der Waals surface area contributed by atoms with Crippen LogP contribution >= 0.6 is 0 Å². The highest BCUT2D eigenvalue weighted by Gasteiger charge is 2.15. The lowest BCUT2D eigenvalue weighted by Crippen LogP contribution is -2.42. The van der Waals surface area contributed by atoms with Gasteiger partial charge in [0.05, 0.1) is 33.6 Å². The number of nitrogens with one attached hydrogen (secondary N) is 1. The van der Waals surface area contributed by atoms with Crippen LogP contribution in [0.2, 0.25) is 0 Å². The number of carboxylic acids is 1. The second kappa shape index (κ2) is 7.87. The summed E-state index contributed by atoms with van der Waals surface area (Å²) < 4.78 is 0.774. The largest absolute Gasteiger partial charge is 0.481 e. The predicted molar refractivity (Wildman–Crippen MR) is 71.2 cm³/mol. The molecule has 0 aromatic carbocycles. The fourth-order valence-electron chi connectivity index (χ4n) is 1.63. The number of quaternary nitrogens is 1. The van der Waals surface area contributed by atoms with Crippen molar-refractivity contribution < 1.29 is 19.2 Å². The minimum absolute atomic E-state index is 0.105. The van der Waals surface area contributed by atoms with E-state index in [4.69, 9.17) is 5.11 Å². The van der Waals surface area contributed by atoms with Gasteiger partial charge in [-0.05, 0) is 6.92 Å². The third kappa shape index (κ3) is 8.75. The maximum Gasteiger partial charge on any atom is 0.303 e. The third-order valence-electron chi connectivity index (χ3n) is 2.77. The van der Waals surface area contributed by atoms with E-state index in [-0.39, 0.29) is 12.3 Å². The van der Waals surface area contributed by atoms with Crippen LogP contribution in [0, 0.1) is 0 Å². The highest BCUT2D eigenvalue weighted by Crippen LogP contribution is 2.03. The fraction of sp³-hybridized carbons (Fsp3) is 0.692. The Hall–Kier alpha value is -1.36. The molecule has 2 N–H and O–H groups in total. The first-order valence-corrected chi connectivity index (χ1v) is 6.22. The smallest absolute Gasteiger partial charge is 0.303 e. The van der Waals surface area contributed by atoms with E-state index in [1.54, 1.807) is 6.92 Å². The van der Waals surface area contributed by atoms with E-state index in [9.17, 15) is 9.59 Å². The minimum Gasteiger partial charge on any atom is -0.481 e. The molecule has 0 bridgehead atoms. The van der Waals surface area contributed by atoms with Gasteiger partial charge in [0.2, 0.25) is 5.91 Å². The predicted octanol–water partition coefficient (Wildman–Crippen LogP) is 1.01. The molecule has 0 atom stereocenters. The van der Waals surface area contributed by atoms with E-state index < -0.39 is 5.97 Å². The molecule has 1 amide bonds. The Morgan fingerprint density at radius 3 is 2.28 bits per heavy atom. The van der Waals surface area contributed by atoms with E-state index in [0.717, 1.165) is 24.0 Å². The van der Waals surface area contributed by atoms with Gasteiger partial charge in [0.25, 0.3) is 0 Å². The molecular weight excluding hydrogens is 232 g/mol. The van der Waals surface area contributed by atoms with Crippen LogP contribution in [-0.4, -0.2) is 55.2 Å². The van der Waals surface area contributed by atoms with Crippen molar-refractivity contribution in [3.63, 3.8) is 0 Å². The molecule has 0 aliphatic carbocycles. The fourth-order valence-corrected chi connectivity index (χ4v) is 1.63. The molecule has 5 heteroatoms. The number of rotatable bonds is 9. The third-order valence-corrected chi connectivity index (χ3v) is 2.77. The summed E-state index contributed by atoms with van der Waals surface area (Å²) in [5.41, 5.74) is 0.519. The summed E-state index contributed by atoms with van der Waals surface area (Å²) in [4.78, 5) is 21.7. The standard InChI is InChI=1S/C13H24N2O3/c1-11(2)13(18)14-8-6-10-15(3,4)9-5-7-12(16)17/h1,5-10H2,2-4H3,(H-,14,16,17,18)/p+1. The Morgan fingerprint density at radius 2 is 1.78 bits per heavy atom. The van der Waals surface area contributed by atoms with Crippen LogP contribution in [0.4, 0.5) is 0 Å². The molecule has 0 saturated carbocycles. The maximum absolute atomic E-state index is 11.2. The summed E-state index contributed by atoms with van der Waals surface area (Å²) in [6.07, 6.45) is 1.77. The summed E-state index contributed by atoms with van der Waals surface area (Å²) in [6, 6.07) is 0. The normalized spacial score (nSPS) is 11.1. The zero-order valence-electron chi connectivity index (χ0n) is 11.7. The minimum atomic E-state index is -0.747. The number of carbonyl (C=O) groups excluding carboxylic acids is 1. The Balaban J connectivity index is 3.73. The van der Waals surface area contributed by atoms with Crippen molar-refractivity contribution >= 4 is 11.9 Å². The van der Waals surface area contributed by atoms with Gasteiger partial charge in [-0.25, -0.2) is 0 Å². The second-order valence-corrected chi connectivity index (χ2v) is 5.27. The van der Waals surface area contributed by atoms with Gasteiger partial charge >= 0.3 is 5.97 Å². The lowest BCUT2D eigenvalue weighted by molar-refractivity contribution is -0.890. The average Bonchev–Trinajstić information content (AvgIpc) is 2.23. The number of aliphatic carboxylic acids is 1. The highest BCUT2D eigenvalue weighted by molar-refractivity contribution is 5.91. The van der Waals surface area contributed by atoms with Gasteiger partial charge < -0.3 is 14.9 Å². The number of carboxylic acid groups (broad SMARTS) is 1. The maximum atomic E-state index is 11.2. The molecule has 0 spiro atoms. The van der Waals surface area contributed by atoms with Crippen LogP contribution in [0.25, 0.3) is 0 Å². The van der Waals surface area contributed by atoms with Crippen LogP contribution in [-0.2, 0) is 9.59 Å². The van der Waals surface area contributed by atoms with Crippen molar-refractivity contribution in [2.75, 3.05) is 33.7 Å². The van der Waals surface area contributed by atoms with E-state index in [2.05, 4.69) is 26.0 Å². The van der Waals surface area contributed by atoms with Gasteiger partial charge in [0.1, 0.15) is 0 Å². The molecular formula is C13H25N2O3+. The van der Waals surface area contributed by atoms with Gasteiger partial charge in [-0.1, -0.05) is 6.58 Å². The quantitative estimate of drug-likeness (QED) is 0.368. The van der Waals surface area contributed by atoms with E-state index in [0.29, 0.717) is 18.5 Å². The first-order valence-electron chi connectivity index (χ1n) is 6.22. The molecule has 0 aromatic heterocycles. The lowest BCUT2D eigenvalue weighted by Gasteiger charge is -2.29. The lowest BCUT2D eigenvalue weighted by atomic mass is 10.2. The average molecular weight is 257 g/mol. The van der Waals surface area contributed by atoms with Crippen molar-refractivity contribution in [2.45, 2.75) is 26.2 Å². The van der Waals surface area contributed by atoms with Crippen molar-refractivity contribution in [3.05, 3.63) is 12.2 Å². The Morgan fingerprint density at radius 1 is 1.22 bits per heavy atom. The van der Waals surface area contributed by atoms with E-state index in [1.165, 1.54) is 0 Å². The van der Waals surface area contributed by atoms with E-state index >= 15 is 0 Å². The van der Waals surface area contributed by atoms with Crippen LogP contribution < -0.4 is 5.32 Å². The zero-order chi connectivity index (χ0) is 14.2. The molecule has 0 radical (unpaired) electrons. The summed E-state index contributed by atoms with van der Waals surface area (Å²) in [5.74, 6) is -0.852. The Labute approximate surface area is 109 Å². The molecule has 5 nitrogen and oxygen atoms in total. The Bertz CT molecular complexity index is 311. The summed E-state index contributed by atoms with van der Waals surface area (Å²) in [7, 11) is 4.14. The van der Waals surface area contributed by atoms with Crippen molar-refractivity contribution in [2.24, 2.45) is 0 Å². The number of hydrogen-bond donors (Lipinski definition) is 2. The zero-order valence-corrected chi connectivity index (χ0v) is 11.7. The molecule has 0 rings (SSSR count). The topological polar surface area (TPSA) is 66.4 Å². The summed E-state index contributed by atoms with van der Waals surface area (Å²) in [5, 5.41) is 11.4. The molecule has 0 fully saturated rings. The number of carbonyl (C=O) groups is 2. The van der Waals surface area contributed by atoms with Crippen LogP contribution in [0.5, 0.6) is 0 Å². The number of amides is 1. The van der Waals surface area contributed by atoms with E-state index in [1.807, 2.05) is 0 Å². The van der Waals surface area contributed by atoms with Gasteiger partial charge in [-0.15, -0.1) is 0 Å². The number of hydrogen-bond acceptors (Lipinski definition) is 2. The highest BCUT2D eigenvalue weighted by atomic mass is 16.4. The molecule has 0 aliphatic heterocycles. The molecule has 0 aliphatic rings. The Kier molecular flexibility index (Phi) is 7.27. The van der Waals surface area contributed by atoms with Crippen molar-refractivity contribution in [1.29, 1.82) is 0 Å². The van der Waals surface area contributed by atoms with Gasteiger partial charge in [-0.3, -0.25) is 9.59 Å². The SMILES string of the molecule is C=C(C)C(=O)NCCC[N+](C)(C)CCCC(=O)O. The molecule has 0 unspecified atom stereocenters. The molecule has 0 aromatic rings. The van der Waals surface area contributed by atoms with Crippen LogP contribution in [0.1, 0.15) is 26.2 Å². The van der Waals surface area contributed by atoms with Crippen molar-refractivity contribution in [3.8, 4) is 0 Å². The van der Waals surface area contributed by atoms with Gasteiger partial charge in [-0.2, -0.15) is 0 Å². The van der Waals surface area contributed by atoms with Crippen molar-refractivity contribution in [1.82, 2.24) is 5.32 Å². The molecule has 0 heterocycles. The molecule has 18 heavy (non-hydrogen) atoms. The summed E-state index contributed by atoms with van der Waals surface area (Å²) in [6.45, 7) is 7.63.